The third-order valence-corrected chi connectivity index (χ3v) is 12.4. The smallest absolute Gasteiger partial charge is 0.260 e. The molecule has 4 nitrogen and oxygen atoms in total. The molecule has 55 heavy (non-hydrogen) atoms. The highest BCUT2D eigenvalue weighted by Gasteiger charge is 2.52. The van der Waals surface area contributed by atoms with Gasteiger partial charge in [-0.2, -0.15) is 0 Å². The SMILES string of the molecule is CC/C=C\C1=C(C)Oc2cc(N3C/C=C\C=C/CC4(c5ccccc53)c3ccccc3N(C3=CC=CCC3)C3C=CC=CC34)cc3c2B1c1ccccc1O3. The lowest BCUT2D eigenvalue weighted by Crippen LogP contribution is -2.54. The van der Waals surface area contributed by atoms with Gasteiger partial charge in [-0.15, -0.1) is 0 Å². The number of para-hydroxylation sites is 3. The van der Waals surface area contributed by atoms with E-state index in [0.717, 1.165) is 59.8 Å². The normalized spacial score (nSPS) is 24.3. The summed E-state index contributed by atoms with van der Waals surface area (Å²) in [5.41, 5.74) is 10.7. The molecule has 0 saturated carbocycles. The van der Waals surface area contributed by atoms with Gasteiger partial charge in [0.25, 0.3) is 6.71 Å². The summed E-state index contributed by atoms with van der Waals surface area (Å²) in [6, 6.07) is 31.5. The Morgan fingerprint density at radius 3 is 2.36 bits per heavy atom. The van der Waals surface area contributed by atoms with Crippen LogP contribution < -0.4 is 30.2 Å². The van der Waals surface area contributed by atoms with Crippen molar-refractivity contribution in [3.63, 3.8) is 0 Å². The monoisotopic (exact) mass is 716 g/mol. The fourth-order valence-corrected chi connectivity index (χ4v) is 10.0. The Morgan fingerprint density at radius 1 is 0.782 bits per heavy atom. The molecule has 10 rings (SSSR count). The van der Waals surface area contributed by atoms with E-state index in [0.29, 0.717) is 6.54 Å². The molecule has 270 valence electrons. The highest BCUT2D eigenvalue weighted by atomic mass is 16.5. The first-order chi connectivity index (χ1) is 27.2. The van der Waals surface area contributed by atoms with Crippen molar-refractivity contribution in [2.75, 3.05) is 16.3 Å². The molecule has 2 aliphatic carbocycles. The fourth-order valence-electron chi connectivity index (χ4n) is 10.0. The zero-order valence-electron chi connectivity index (χ0n) is 31.6. The number of fused-ring (bicyclic) bond motifs is 8. The van der Waals surface area contributed by atoms with Crippen molar-refractivity contribution in [2.24, 2.45) is 5.92 Å². The summed E-state index contributed by atoms with van der Waals surface area (Å²) < 4.78 is 13.6. The van der Waals surface area contributed by atoms with Gasteiger partial charge >= 0.3 is 0 Å². The zero-order chi connectivity index (χ0) is 36.9. The molecule has 0 radical (unpaired) electrons. The van der Waals surface area contributed by atoms with Gasteiger partial charge in [-0.3, -0.25) is 0 Å². The highest BCUT2D eigenvalue weighted by molar-refractivity contribution is 6.93. The van der Waals surface area contributed by atoms with Crippen molar-refractivity contribution in [3.05, 3.63) is 192 Å². The Hall–Kier alpha value is -5.94. The van der Waals surface area contributed by atoms with E-state index in [4.69, 9.17) is 9.47 Å². The molecular formula is C50H45BN2O2. The predicted octanol–water partition coefficient (Wildman–Crippen LogP) is 10.7. The third kappa shape index (κ3) is 5.35. The Bertz CT molecular complexity index is 2440. The van der Waals surface area contributed by atoms with Crippen molar-refractivity contribution in [2.45, 2.75) is 51.0 Å². The summed E-state index contributed by atoms with van der Waals surface area (Å²) in [5, 5.41) is 0. The van der Waals surface area contributed by atoms with Crippen LogP contribution in [0.25, 0.3) is 0 Å². The molecular weight excluding hydrogens is 671 g/mol. The van der Waals surface area contributed by atoms with E-state index in [2.05, 4.69) is 188 Å². The van der Waals surface area contributed by atoms with Gasteiger partial charge in [0.2, 0.25) is 0 Å². The summed E-state index contributed by atoms with van der Waals surface area (Å²) in [5.74, 6) is 3.74. The molecule has 0 aromatic heterocycles. The summed E-state index contributed by atoms with van der Waals surface area (Å²) in [6.07, 6.45) is 33.8. The van der Waals surface area contributed by atoms with Crippen LogP contribution in [-0.4, -0.2) is 19.3 Å². The van der Waals surface area contributed by atoms with Gasteiger partial charge < -0.3 is 19.3 Å². The Kier molecular flexibility index (Phi) is 8.39. The molecule has 5 heteroatoms. The number of allylic oxidation sites excluding steroid dienone is 13. The molecule has 3 unspecified atom stereocenters. The van der Waals surface area contributed by atoms with Crippen LogP contribution >= 0.6 is 0 Å². The van der Waals surface area contributed by atoms with Gasteiger partial charge in [0.15, 0.2) is 0 Å². The molecule has 4 aromatic rings. The topological polar surface area (TPSA) is 24.9 Å². The summed E-state index contributed by atoms with van der Waals surface area (Å²) >= 11 is 0. The maximum Gasteiger partial charge on any atom is 0.260 e. The first-order valence-corrected chi connectivity index (χ1v) is 20.0. The van der Waals surface area contributed by atoms with Crippen LogP contribution in [0.3, 0.4) is 0 Å². The van der Waals surface area contributed by atoms with Gasteiger partial charge in [-0.05, 0) is 78.9 Å². The van der Waals surface area contributed by atoms with Crippen molar-refractivity contribution < 1.29 is 9.47 Å². The van der Waals surface area contributed by atoms with Gasteiger partial charge in [-0.25, -0.2) is 0 Å². The largest absolute Gasteiger partial charge is 0.463 e. The van der Waals surface area contributed by atoms with E-state index in [-0.39, 0.29) is 24.1 Å². The van der Waals surface area contributed by atoms with Gasteiger partial charge in [0, 0.05) is 58.2 Å². The lowest BCUT2D eigenvalue weighted by molar-refractivity contribution is 0.329. The molecule has 0 saturated heterocycles. The minimum absolute atomic E-state index is 0.0414. The molecule has 1 spiro atoms. The zero-order valence-corrected chi connectivity index (χ0v) is 31.6. The lowest BCUT2D eigenvalue weighted by Gasteiger charge is -2.55. The molecule has 0 fully saturated rings. The van der Waals surface area contributed by atoms with Crippen LogP contribution in [0.4, 0.5) is 17.1 Å². The Morgan fingerprint density at radius 2 is 1.53 bits per heavy atom. The average Bonchev–Trinajstić information content (AvgIpc) is 3.23. The second kappa shape index (κ2) is 13.7. The van der Waals surface area contributed by atoms with Crippen molar-refractivity contribution >= 4 is 34.7 Å². The first-order valence-electron chi connectivity index (χ1n) is 20.0. The van der Waals surface area contributed by atoms with E-state index in [1.807, 2.05) is 0 Å². The number of ether oxygens (including phenoxy) is 2. The van der Waals surface area contributed by atoms with E-state index >= 15 is 0 Å². The summed E-state index contributed by atoms with van der Waals surface area (Å²) in [4.78, 5) is 5.10. The van der Waals surface area contributed by atoms with Crippen LogP contribution in [0.2, 0.25) is 0 Å². The number of rotatable bonds is 4. The quantitative estimate of drug-likeness (QED) is 0.196. The van der Waals surface area contributed by atoms with Gasteiger partial charge in [-0.1, -0.05) is 134 Å². The molecule has 0 amide bonds. The maximum absolute atomic E-state index is 6.81. The Labute approximate surface area is 325 Å². The Balaban J connectivity index is 1.18. The second-order valence-electron chi connectivity index (χ2n) is 15.3. The second-order valence-corrected chi connectivity index (χ2v) is 15.3. The lowest BCUT2D eigenvalue weighted by atomic mass is 9.34. The number of hydrogen-bond acceptors (Lipinski definition) is 4. The molecule has 4 aliphatic heterocycles. The number of benzene rings is 4. The average molecular weight is 717 g/mol. The van der Waals surface area contributed by atoms with Gasteiger partial charge in [0.05, 0.1) is 11.8 Å². The summed E-state index contributed by atoms with van der Waals surface area (Å²) in [7, 11) is 0. The third-order valence-electron chi connectivity index (χ3n) is 12.4. The highest BCUT2D eigenvalue weighted by Crippen LogP contribution is 2.57. The molecule has 4 heterocycles. The number of anilines is 3. The van der Waals surface area contributed by atoms with E-state index in [9.17, 15) is 0 Å². The van der Waals surface area contributed by atoms with Crippen molar-refractivity contribution in [3.8, 4) is 17.2 Å². The summed E-state index contributed by atoms with van der Waals surface area (Å²) in [6.45, 7) is 5.01. The predicted molar refractivity (Wildman–Crippen MR) is 229 cm³/mol. The van der Waals surface area contributed by atoms with Crippen molar-refractivity contribution in [1.29, 1.82) is 0 Å². The molecule has 4 aromatic carbocycles. The standard InChI is InChI=1S/C50H45BN2O2/c1-3-4-25-41-35(2)54-47-33-37(34-48-49(47)51(41)42-26-13-17-30-46(42)55-48)52-32-19-6-5-18-31-50(38-22-10-14-27-43(38)52)39-23-11-15-28-44(39)53(36-20-8-7-9-21-36)45-29-16-12-24-40(45)50/h4-8,10-20,22-30,33-34,39,44H,3,9,21,31-32H2,1-2H3/b18-5-,19-6-,25-4-. The van der Waals surface area contributed by atoms with Crippen LogP contribution in [0, 0.1) is 5.92 Å². The van der Waals surface area contributed by atoms with Crippen molar-refractivity contribution in [1.82, 2.24) is 0 Å². The molecule has 6 aliphatic rings. The minimum atomic E-state index is -0.347. The molecule has 3 atom stereocenters. The van der Waals surface area contributed by atoms with E-state index in [1.54, 1.807) is 0 Å². The fraction of sp³-hybridized carbons (Fsp3) is 0.200. The van der Waals surface area contributed by atoms with Crippen LogP contribution in [-0.2, 0) is 5.41 Å². The van der Waals surface area contributed by atoms with Gasteiger partial charge in [0.1, 0.15) is 17.2 Å². The molecule has 0 N–H and O–H groups in total. The minimum Gasteiger partial charge on any atom is -0.463 e. The van der Waals surface area contributed by atoms with Crippen LogP contribution in [0.1, 0.15) is 50.7 Å². The first kappa shape index (κ1) is 33.6. The van der Waals surface area contributed by atoms with E-state index < -0.39 is 0 Å². The number of hydrogen-bond donors (Lipinski definition) is 0. The molecule has 0 bridgehead atoms. The van der Waals surface area contributed by atoms with Crippen LogP contribution in [0.5, 0.6) is 17.2 Å². The number of nitrogens with zero attached hydrogens (tertiary/aromatic N) is 2. The maximum atomic E-state index is 6.81. The van der Waals surface area contributed by atoms with Crippen LogP contribution in [0.15, 0.2) is 181 Å². The van der Waals surface area contributed by atoms with E-state index in [1.165, 1.54) is 39.1 Å².